The second-order valence-corrected chi connectivity index (χ2v) is 8.21. The van der Waals surface area contributed by atoms with Gasteiger partial charge >= 0.3 is 0 Å². The highest BCUT2D eigenvalue weighted by atomic mass is 32.1. The van der Waals surface area contributed by atoms with Crippen molar-refractivity contribution in [3.05, 3.63) is 71.2 Å². The molecule has 0 bridgehead atoms. The number of para-hydroxylation sites is 1. The van der Waals surface area contributed by atoms with Gasteiger partial charge in [0.15, 0.2) is 0 Å². The minimum atomic E-state index is 0.137. The zero-order chi connectivity index (χ0) is 18.2. The van der Waals surface area contributed by atoms with Gasteiger partial charge in [-0.15, -0.1) is 11.3 Å². The van der Waals surface area contributed by atoms with Crippen molar-refractivity contribution in [2.45, 2.75) is 25.7 Å². The lowest BCUT2D eigenvalue weighted by atomic mass is 10.0. The highest BCUT2D eigenvalue weighted by molar-refractivity contribution is 7.17. The predicted molar refractivity (Wildman–Crippen MR) is 114 cm³/mol. The number of benzene rings is 2. The van der Waals surface area contributed by atoms with Gasteiger partial charge in [-0.05, 0) is 59.4 Å². The summed E-state index contributed by atoms with van der Waals surface area (Å²) in [6, 6.07) is 14.8. The van der Waals surface area contributed by atoms with Gasteiger partial charge in [-0.25, -0.2) is 0 Å². The lowest BCUT2D eigenvalue weighted by Crippen LogP contribution is -2.32. The number of anilines is 2. The first-order chi connectivity index (χ1) is 13.3. The minimum Gasteiger partial charge on any atom is -0.370 e. The Bertz CT molecular complexity index is 1030. The Morgan fingerprint density at radius 2 is 1.89 bits per heavy atom. The van der Waals surface area contributed by atoms with Gasteiger partial charge in [-0.1, -0.05) is 30.3 Å². The Morgan fingerprint density at radius 1 is 1.04 bits per heavy atom. The summed E-state index contributed by atoms with van der Waals surface area (Å²) in [5.74, 6) is 0.137. The van der Waals surface area contributed by atoms with Crippen molar-refractivity contribution in [2.24, 2.45) is 0 Å². The molecular formula is C23H22N2OS. The van der Waals surface area contributed by atoms with Crippen LogP contribution in [0.15, 0.2) is 60.1 Å². The Hall–Kier alpha value is -2.59. The van der Waals surface area contributed by atoms with Gasteiger partial charge in [0.25, 0.3) is 0 Å². The van der Waals surface area contributed by atoms with Gasteiger partial charge in [0.05, 0.1) is 17.8 Å². The lowest BCUT2D eigenvalue weighted by molar-refractivity contribution is -0.117. The molecule has 0 unspecified atom stereocenters. The van der Waals surface area contributed by atoms with Gasteiger partial charge in [-0.3, -0.25) is 9.69 Å². The molecule has 2 aliphatic heterocycles. The van der Waals surface area contributed by atoms with E-state index in [2.05, 4.69) is 58.8 Å². The van der Waals surface area contributed by atoms with Crippen molar-refractivity contribution in [3.8, 4) is 0 Å². The van der Waals surface area contributed by atoms with E-state index in [1.807, 2.05) is 11.1 Å². The molecule has 1 amide bonds. The summed E-state index contributed by atoms with van der Waals surface area (Å²) in [5, 5.41) is 3.30. The molecule has 3 aromatic rings. The smallest absolute Gasteiger partial charge is 0.235 e. The van der Waals surface area contributed by atoms with E-state index in [-0.39, 0.29) is 5.91 Å². The van der Waals surface area contributed by atoms with Crippen LogP contribution in [0.25, 0.3) is 10.1 Å². The summed E-state index contributed by atoms with van der Waals surface area (Å²) in [6.07, 6.45) is 7.84. The molecule has 136 valence electrons. The van der Waals surface area contributed by atoms with Crippen molar-refractivity contribution in [1.82, 2.24) is 0 Å². The molecule has 27 heavy (non-hydrogen) atoms. The predicted octanol–water partition coefficient (Wildman–Crippen LogP) is 5.15. The van der Waals surface area contributed by atoms with Gasteiger partial charge in [0.1, 0.15) is 0 Å². The first kappa shape index (κ1) is 16.6. The zero-order valence-electron chi connectivity index (χ0n) is 15.2. The molecule has 4 heteroatoms. The van der Waals surface area contributed by atoms with Gasteiger partial charge in [0, 0.05) is 24.0 Å². The molecule has 1 saturated heterocycles. The number of amides is 1. The fourth-order valence-electron chi connectivity index (χ4n) is 4.26. The van der Waals surface area contributed by atoms with Crippen LogP contribution in [0, 0.1) is 0 Å². The number of nitrogens with zero attached hydrogens (tertiary/aromatic N) is 2. The highest BCUT2D eigenvalue weighted by Crippen LogP contribution is 2.38. The maximum Gasteiger partial charge on any atom is 0.235 e. The van der Waals surface area contributed by atoms with Gasteiger partial charge in [-0.2, -0.15) is 0 Å². The van der Waals surface area contributed by atoms with Gasteiger partial charge in [0.2, 0.25) is 5.91 Å². The van der Waals surface area contributed by atoms with E-state index in [0.717, 1.165) is 30.8 Å². The number of hydrogen-bond donors (Lipinski definition) is 0. The average Bonchev–Trinajstić information content (AvgIpc) is 3.39. The standard InChI is InChI=1S/C23H22N2OS/c26-22(16-18-7-4-10-21-19(18)11-15-27-21)25-14-5-8-17-6-3-9-20(23(17)25)24-12-1-2-13-24/h3-7,9-11,14-15H,1-2,8,12-13,16H2. The van der Waals surface area contributed by atoms with E-state index in [0.29, 0.717) is 6.42 Å². The molecule has 1 aromatic heterocycles. The maximum atomic E-state index is 13.3. The van der Waals surface area contributed by atoms with Crippen LogP contribution in [0.4, 0.5) is 11.4 Å². The van der Waals surface area contributed by atoms with Crippen molar-refractivity contribution in [3.63, 3.8) is 0 Å². The third kappa shape index (κ3) is 2.94. The molecule has 0 aliphatic carbocycles. The molecular weight excluding hydrogens is 352 g/mol. The molecule has 2 aromatic carbocycles. The van der Waals surface area contributed by atoms with Crippen LogP contribution in [0.5, 0.6) is 0 Å². The fraction of sp³-hybridized carbons (Fsp3) is 0.261. The normalized spacial score (nSPS) is 16.1. The van der Waals surface area contributed by atoms with Crippen LogP contribution in [0.1, 0.15) is 24.0 Å². The number of hydrogen-bond acceptors (Lipinski definition) is 3. The Labute approximate surface area is 163 Å². The summed E-state index contributed by atoms with van der Waals surface area (Å²) in [5.41, 5.74) is 4.64. The quantitative estimate of drug-likeness (QED) is 0.633. The zero-order valence-corrected chi connectivity index (χ0v) is 16.0. The van der Waals surface area contributed by atoms with E-state index in [1.165, 1.54) is 34.2 Å². The SMILES string of the molecule is O=C(Cc1cccc2sccc12)N1C=CCc2cccc(N3CCCC3)c21. The second kappa shape index (κ2) is 6.86. The fourth-order valence-corrected chi connectivity index (χ4v) is 5.09. The summed E-state index contributed by atoms with van der Waals surface area (Å²) >= 11 is 1.73. The number of carbonyl (C=O) groups excluding carboxylic acids is 1. The summed E-state index contributed by atoms with van der Waals surface area (Å²) < 4.78 is 1.24. The summed E-state index contributed by atoms with van der Waals surface area (Å²) in [7, 11) is 0. The largest absolute Gasteiger partial charge is 0.370 e. The molecule has 1 fully saturated rings. The first-order valence-corrected chi connectivity index (χ1v) is 10.5. The van der Waals surface area contributed by atoms with Crippen LogP contribution in [-0.2, 0) is 17.6 Å². The van der Waals surface area contributed by atoms with Gasteiger partial charge < -0.3 is 4.90 Å². The topological polar surface area (TPSA) is 23.6 Å². The van der Waals surface area contributed by atoms with Crippen molar-refractivity contribution < 1.29 is 4.79 Å². The molecule has 0 saturated carbocycles. The number of fused-ring (bicyclic) bond motifs is 2. The highest BCUT2D eigenvalue weighted by Gasteiger charge is 2.26. The Morgan fingerprint density at radius 3 is 2.78 bits per heavy atom. The lowest BCUT2D eigenvalue weighted by Gasteiger charge is -2.31. The molecule has 0 atom stereocenters. The van der Waals surface area contributed by atoms with Crippen molar-refractivity contribution >= 4 is 38.7 Å². The summed E-state index contributed by atoms with van der Waals surface area (Å²) in [6.45, 7) is 2.16. The van der Waals surface area contributed by atoms with Crippen molar-refractivity contribution in [2.75, 3.05) is 22.9 Å². The van der Waals surface area contributed by atoms with E-state index in [9.17, 15) is 4.79 Å². The van der Waals surface area contributed by atoms with Crippen LogP contribution in [0.3, 0.4) is 0 Å². The average molecular weight is 375 g/mol. The van der Waals surface area contributed by atoms with Crippen LogP contribution >= 0.6 is 11.3 Å². The Kier molecular flexibility index (Phi) is 4.21. The second-order valence-electron chi connectivity index (χ2n) is 7.26. The first-order valence-electron chi connectivity index (χ1n) is 9.62. The molecule has 5 rings (SSSR count). The summed E-state index contributed by atoms with van der Waals surface area (Å²) in [4.78, 5) is 17.6. The third-order valence-electron chi connectivity index (χ3n) is 5.57. The molecule has 2 aliphatic rings. The molecule has 3 heterocycles. The Balaban J connectivity index is 1.51. The molecule has 3 nitrogen and oxygen atoms in total. The third-order valence-corrected chi connectivity index (χ3v) is 6.46. The minimum absolute atomic E-state index is 0.137. The van der Waals surface area contributed by atoms with E-state index in [4.69, 9.17) is 0 Å². The van der Waals surface area contributed by atoms with E-state index < -0.39 is 0 Å². The molecule has 0 spiro atoms. The number of allylic oxidation sites excluding steroid dienone is 1. The van der Waals surface area contributed by atoms with Crippen molar-refractivity contribution in [1.29, 1.82) is 0 Å². The monoisotopic (exact) mass is 374 g/mol. The molecule has 0 N–H and O–H groups in total. The maximum absolute atomic E-state index is 13.3. The van der Waals surface area contributed by atoms with Crippen LogP contribution in [-0.4, -0.2) is 19.0 Å². The van der Waals surface area contributed by atoms with E-state index in [1.54, 1.807) is 11.3 Å². The number of carbonyl (C=O) groups is 1. The van der Waals surface area contributed by atoms with Crippen LogP contribution < -0.4 is 9.80 Å². The van der Waals surface area contributed by atoms with E-state index >= 15 is 0 Å². The van der Waals surface area contributed by atoms with Crippen LogP contribution in [0.2, 0.25) is 0 Å². The number of rotatable bonds is 3. The molecule has 0 radical (unpaired) electrons. The number of thiophene rings is 1.